The molecule has 13 rings (SSSR count). The summed E-state index contributed by atoms with van der Waals surface area (Å²) >= 11 is 0. The number of pyridine rings is 1. The number of hydrogen-bond donors (Lipinski definition) is 0. The van der Waals surface area contributed by atoms with E-state index in [1.807, 2.05) is 18.3 Å². The first-order valence-corrected chi connectivity index (χ1v) is 24.9. The minimum Gasteiger partial charge on any atom is -0.456 e. The molecule has 0 N–H and O–H groups in total. The average Bonchev–Trinajstić information content (AvgIpc) is 3.95. The predicted octanol–water partition coefficient (Wildman–Crippen LogP) is 13.6. The Morgan fingerprint density at radius 3 is 1.63 bits per heavy atom. The molecule has 0 bridgehead atoms. The quantitative estimate of drug-likeness (QED) is 0.113. The van der Waals surface area contributed by atoms with Crippen LogP contribution in [0.1, 0.15) is 0 Å². The lowest BCUT2D eigenvalue weighted by Crippen LogP contribution is -2.74. The number of hydrogen-bond acceptors (Lipinski definition) is 2. The summed E-state index contributed by atoms with van der Waals surface area (Å²) in [7, 11) is -2.69. The van der Waals surface area contributed by atoms with Gasteiger partial charge in [0.05, 0.1) is 16.7 Å². The van der Waals surface area contributed by atoms with Gasteiger partial charge in [-0.1, -0.05) is 188 Å². The third-order valence-corrected chi connectivity index (χ3v) is 18.6. The van der Waals surface area contributed by atoms with Crippen LogP contribution in [0.5, 0.6) is 0 Å². The standard InChI is InChI=1S/C63H42N2OSi/c1-4-17-50(18-5-1)67(51-19-6-2-7-20-51,52-21-8-3-9-22-52)53-23-14-16-45(39-53)48-37-38-64-58(42-48)44-27-32-49(33-28-44)65-59-34-30-46(41-57(59)63-54-24-11-10-15-43(54)29-35-60(63)65)47-31-36-62-56(40-47)55-25-12-13-26-61(55)66-62/h1-42H. The van der Waals surface area contributed by atoms with Gasteiger partial charge in [0.25, 0.3) is 0 Å². The van der Waals surface area contributed by atoms with Crippen molar-refractivity contribution in [3.8, 4) is 39.2 Å². The topological polar surface area (TPSA) is 31.0 Å². The van der Waals surface area contributed by atoms with Gasteiger partial charge in [-0.25, -0.2) is 0 Å². The Morgan fingerprint density at radius 2 is 0.896 bits per heavy atom. The Kier molecular flexibility index (Phi) is 9.19. The maximum Gasteiger partial charge on any atom is 0.179 e. The molecule has 13 aromatic rings. The summed E-state index contributed by atoms with van der Waals surface area (Å²) in [4.78, 5) is 4.94. The highest BCUT2D eigenvalue weighted by molar-refractivity contribution is 7.19. The first-order chi connectivity index (χ1) is 33.2. The number of furan rings is 1. The fourth-order valence-electron chi connectivity index (χ4n) is 10.7. The van der Waals surface area contributed by atoms with E-state index in [-0.39, 0.29) is 0 Å². The van der Waals surface area contributed by atoms with Gasteiger partial charge in [-0.2, -0.15) is 0 Å². The van der Waals surface area contributed by atoms with Crippen molar-refractivity contribution in [1.29, 1.82) is 0 Å². The van der Waals surface area contributed by atoms with Crippen molar-refractivity contribution in [2.45, 2.75) is 0 Å². The number of fused-ring (bicyclic) bond motifs is 8. The largest absolute Gasteiger partial charge is 0.456 e. The Bertz CT molecular complexity index is 3870. The molecule has 3 nitrogen and oxygen atoms in total. The third-order valence-electron chi connectivity index (χ3n) is 13.8. The van der Waals surface area contributed by atoms with Crippen LogP contribution in [0.3, 0.4) is 0 Å². The minimum absolute atomic E-state index is 0.905. The number of nitrogens with zero attached hydrogens (tertiary/aromatic N) is 2. The molecule has 4 heteroatoms. The molecule has 67 heavy (non-hydrogen) atoms. The van der Waals surface area contributed by atoms with Crippen molar-refractivity contribution in [2.75, 3.05) is 0 Å². The first-order valence-electron chi connectivity index (χ1n) is 22.9. The molecule has 0 amide bonds. The SMILES string of the molecule is c1ccc([Si](c2ccccc2)(c2ccccc2)c2cccc(-c3ccnc(-c4ccc(-n5c6ccc(-c7ccc8oc9ccccc9c8c7)cc6c6c7ccccc7ccc65)cc4)c3)c2)cc1. The zero-order valence-electron chi connectivity index (χ0n) is 36.6. The summed E-state index contributed by atoms with van der Waals surface area (Å²) in [5, 5.41) is 12.6. The molecular weight excluding hydrogens is 829 g/mol. The lowest BCUT2D eigenvalue weighted by molar-refractivity contribution is 0.669. The molecule has 0 spiro atoms. The Labute approximate surface area is 389 Å². The van der Waals surface area contributed by atoms with Crippen molar-refractivity contribution in [2.24, 2.45) is 0 Å². The number of rotatable bonds is 8. The molecule has 0 saturated carbocycles. The van der Waals surface area contributed by atoms with Gasteiger partial charge < -0.3 is 8.98 Å². The minimum atomic E-state index is -2.69. The van der Waals surface area contributed by atoms with Gasteiger partial charge in [-0.3, -0.25) is 4.98 Å². The molecule has 3 aromatic heterocycles. The highest BCUT2D eigenvalue weighted by Gasteiger charge is 2.41. The van der Waals surface area contributed by atoms with Gasteiger partial charge >= 0.3 is 0 Å². The van der Waals surface area contributed by atoms with Crippen LogP contribution < -0.4 is 20.7 Å². The van der Waals surface area contributed by atoms with Gasteiger partial charge in [-0.05, 0) is 114 Å². The van der Waals surface area contributed by atoms with Gasteiger partial charge in [0.15, 0.2) is 8.07 Å². The second kappa shape index (κ2) is 15.8. The smallest absolute Gasteiger partial charge is 0.179 e. The van der Waals surface area contributed by atoms with E-state index in [1.165, 1.54) is 64.5 Å². The van der Waals surface area contributed by atoms with E-state index in [0.717, 1.165) is 50.0 Å². The molecule has 314 valence electrons. The first kappa shape index (κ1) is 38.8. The van der Waals surface area contributed by atoms with E-state index in [1.54, 1.807) is 0 Å². The van der Waals surface area contributed by atoms with E-state index >= 15 is 0 Å². The molecule has 0 unspecified atom stereocenters. The monoisotopic (exact) mass is 870 g/mol. The summed E-state index contributed by atoms with van der Waals surface area (Å²) in [5.41, 5.74) is 11.9. The lowest BCUT2D eigenvalue weighted by Gasteiger charge is -2.34. The van der Waals surface area contributed by atoms with Crippen LogP contribution in [0.4, 0.5) is 0 Å². The van der Waals surface area contributed by atoms with Crippen molar-refractivity contribution < 1.29 is 4.42 Å². The summed E-state index contributed by atoms with van der Waals surface area (Å²) in [6.07, 6.45) is 1.95. The molecule has 3 heterocycles. The van der Waals surface area contributed by atoms with Crippen molar-refractivity contribution in [3.63, 3.8) is 0 Å². The summed E-state index contributed by atoms with van der Waals surface area (Å²) < 4.78 is 8.60. The van der Waals surface area contributed by atoms with Gasteiger partial charge in [-0.15, -0.1) is 0 Å². The fraction of sp³-hybridized carbons (Fsp3) is 0. The third kappa shape index (κ3) is 6.37. The van der Waals surface area contributed by atoms with Crippen molar-refractivity contribution in [1.82, 2.24) is 9.55 Å². The molecule has 0 aliphatic carbocycles. The van der Waals surface area contributed by atoms with E-state index in [0.29, 0.717) is 0 Å². The van der Waals surface area contributed by atoms with Gasteiger partial charge in [0.2, 0.25) is 0 Å². The molecule has 10 aromatic carbocycles. The highest BCUT2D eigenvalue weighted by Crippen LogP contribution is 2.40. The maximum atomic E-state index is 6.19. The van der Waals surface area contributed by atoms with Crippen LogP contribution >= 0.6 is 0 Å². The number of aromatic nitrogens is 2. The van der Waals surface area contributed by atoms with Gasteiger partial charge in [0.1, 0.15) is 11.2 Å². The molecular formula is C63H42N2OSi. The van der Waals surface area contributed by atoms with Gasteiger partial charge in [0, 0.05) is 39.0 Å². The molecule has 0 fully saturated rings. The second-order valence-corrected chi connectivity index (χ2v) is 21.3. The highest BCUT2D eigenvalue weighted by atomic mass is 28.3. The fourth-order valence-corrected chi connectivity index (χ4v) is 15.5. The van der Waals surface area contributed by atoms with Crippen LogP contribution in [0.2, 0.25) is 0 Å². The molecule has 0 aliphatic heterocycles. The Morgan fingerprint density at radius 1 is 0.343 bits per heavy atom. The number of benzene rings is 10. The Balaban J connectivity index is 0.899. The lowest BCUT2D eigenvalue weighted by atomic mass is 9.99. The van der Waals surface area contributed by atoms with E-state index in [2.05, 4.69) is 241 Å². The second-order valence-electron chi connectivity index (χ2n) is 17.5. The van der Waals surface area contributed by atoms with Crippen LogP contribution in [0.15, 0.2) is 259 Å². The van der Waals surface area contributed by atoms with Crippen molar-refractivity contribution in [3.05, 3.63) is 255 Å². The van der Waals surface area contributed by atoms with Crippen LogP contribution in [-0.4, -0.2) is 17.6 Å². The average molecular weight is 871 g/mol. The van der Waals surface area contributed by atoms with Crippen molar-refractivity contribution >= 4 is 83.3 Å². The molecule has 0 radical (unpaired) electrons. The molecule has 0 atom stereocenters. The van der Waals surface area contributed by atoms with Crippen LogP contribution in [0.25, 0.3) is 93.7 Å². The van der Waals surface area contributed by atoms with E-state index in [9.17, 15) is 0 Å². The van der Waals surface area contributed by atoms with E-state index < -0.39 is 8.07 Å². The van der Waals surface area contributed by atoms with Crippen LogP contribution in [-0.2, 0) is 0 Å². The predicted molar refractivity (Wildman–Crippen MR) is 283 cm³/mol. The molecule has 0 aliphatic rings. The number of para-hydroxylation sites is 1. The summed E-state index contributed by atoms with van der Waals surface area (Å²) in [5.74, 6) is 0. The maximum absolute atomic E-state index is 6.19. The van der Waals surface area contributed by atoms with E-state index in [4.69, 9.17) is 9.40 Å². The summed E-state index contributed by atoms with van der Waals surface area (Å²) in [6, 6.07) is 90.8. The Hall–Kier alpha value is -8.57. The summed E-state index contributed by atoms with van der Waals surface area (Å²) in [6.45, 7) is 0. The molecule has 0 saturated heterocycles. The zero-order chi connectivity index (χ0) is 44.3. The van der Waals surface area contributed by atoms with Crippen LogP contribution in [0, 0.1) is 0 Å². The normalized spacial score (nSPS) is 11.9. The zero-order valence-corrected chi connectivity index (χ0v) is 37.6.